The molecule has 0 aliphatic carbocycles. The SMILES string of the molecule is FC(F)(F)c1ccc(-c2nc(-c3ccc4sc5cc(-c6nc(-c7ccccc7)nc(-c7ccccc7)n6)ccc5c4c3)ncc2Sc2ccccc2)cc1. The van der Waals surface area contributed by atoms with Gasteiger partial charge in [-0.25, -0.2) is 24.9 Å². The zero-order valence-corrected chi connectivity index (χ0v) is 29.8. The van der Waals surface area contributed by atoms with Crippen molar-refractivity contribution in [3.05, 3.63) is 163 Å². The molecule has 0 saturated carbocycles. The molecule has 0 N–H and O–H groups in total. The van der Waals surface area contributed by atoms with Gasteiger partial charge in [-0.2, -0.15) is 13.2 Å². The van der Waals surface area contributed by atoms with Gasteiger partial charge in [0.15, 0.2) is 23.3 Å². The van der Waals surface area contributed by atoms with Gasteiger partial charge in [0.1, 0.15) is 0 Å². The molecule has 0 amide bonds. The van der Waals surface area contributed by atoms with Crippen LogP contribution in [0.5, 0.6) is 0 Å². The lowest BCUT2D eigenvalue weighted by Gasteiger charge is -2.12. The summed E-state index contributed by atoms with van der Waals surface area (Å²) in [4.78, 5) is 26.1. The van der Waals surface area contributed by atoms with Crippen LogP contribution >= 0.6 is 23.1 Å². The number of nitrogens with zero attached hydrogens (tertiary/aromatic N) is 5. The Morgan fingerprint density at radius 2 is 1.02 bits per heavy atom. The van der Waals surface area contributed by atoms with Crippen LogP contribution in [0.1, 0.15) is 5.56 Å². The zero-order valence-electron chi connectivity index (χ0n) is 28.2. The van der Waals surface area contributed by atoms with Gasteiger partial charge in [0.25, 0.3) is 0 Å². The first kappa shape index (κ1) is 33.6. The lowest BCUT2D eigenvalue weighted by molar-refractivity contribution is -0.137. The largest absolute Gasteiger partial charge is 0.416 e. The smallest absolute Gasteiger partial charge is 0.235 e. The molecule has 0 aliphatic heterocycles. The molecule has 0 atom stereocenters. The molecule has 0 spiro atoms. The minimum atomic E-state index is -4.43. The molecule has 54 heavy (non-hydrogen) atoms. The van der Waals surface area contributed by atoms with Crippen molar-refractivity contribution in [2.45, 2.75) is 16.0 Å². The summed E-state index contributed by atoms with van der Waals surface area (Å²) >= 11 is 3.14. The molecule has 0 saturated heterocycles. The third-order valence-corrected chi connectivity index (χ3v) is 11.1. The number of aromatic nitrogens is 5. The highest BCUT2D eigenvalue weighted by molar-refractivity contribution is 7.99. The van der Waals surface area contributed by atoms with Crippen LogP contribution in [0.15, 0.2) is 168 Å². The zero-order chi connectivity index (χ0) is 36.6. The summed E-state index contributed by atoms with van der Waals surface area (Å²) in [5.41, 5.74) is 3.91. The second kappa shape index (κ2) is 14.0. The van der Waals surface area contributed by atoms with E-state index in [1.807, 2.05) is 103 Å². The van der Waals surface area contributed by atoms with E-state index in [0.29, 0.717) is 34.6 Å². The number of benzene rings is 6. The summed E-state index contributed by atoms with van der Waals surface area (Å²) in [6.45, 7) is 0. The molecule has 260 valence electrons. The Hall–Kier alpha value is -6.23. The van der Waals surface area contributed by atoms with Crippen molar-refractivity contribution in [3.8, 4) is 56.8 Å². The van der Waals surface area contributed by atoms with E-state index < -0.39 is 11.7 Å². The molecule has 10 heteroatoms. The van der Waals surface area contributed by atoms with Crippen molar-refractivity contribution in [2.75, 3.05) is 0 Å². The standard InChI is InChI=1S/C44H26F3N5S2/c45-44(46,47)32-20-16-27(17-21-32)39-38(53-33-14-8-3-9-15-33)26-48-40(49-39)30-19-23-36-35(24-30)34-22-18-31(25-37(34)54-36)43-51-41(28-10-4-1-5-11-28)50-42(52-43)29-12-6-2-7-13-29/h1-26H. The maximum Gasteiger partial charge on any atom is 0.416 e. The normalized spacial score (nSPS) is 11.7. The van der Waals surface area contributed by atoms with E-state index in [1.54, 1.807) is 17.5 Å². The van der Waals surface area contributed by atoms with Gasteiger partial charge in [-0.15, -0.1) is 11.3 Å². The molecule has 0 bridgehead atoms. The van der Waals surface area contributed by atoms with Crippen molar-refractivity contribution in [1.82, 2.24) is 24.9 Å². The Labute approximate surface area is 316 Å². The molecule has 0 unspecified atom stereocenters. The molecule has 9 rings (SSSR count). The van der Waals surface area contributed by atoms with Gasteiger partial charge in [0.2, 0.25) is 0 Å². The summed E-state index contributed by atoms with van der Waals surface area (Å²) in [5, 5.41) is 2.12. The van der Waals surface area contributed by atoms with E-state index in [-0.39, 0.29) is 0 Å². The van der Waals surface area contributed by atoms with Crippen molar-refractivity contribution < 1.29 is 13.2 Å². The van der Waals surface area contributed by atoms with Crippen molar-refractivity contribution in [2.24, 2.45) is 0 Å². The van der Waals surface area contributed by atoms with Gasteiger partial charge in [0, 0.05) is 59.1 Å². The average molecular weight is 746 g/mol. The van der Waals surface area contributed by atoms with E-state index in [2.05, 4.69) is 24.3 Å². The predicted molar refractivity (Wildman–Crippen MR) is 211 cm³/mol. The third kappa shape index (κ3) is 6.73. The minimum Gasteiger partial charge on any atom is -0.235 e. The van der Waals surface area contributed by atoms with E-state index in [4.69, 9.17) is 24.9 Å². The van der Waals surface area contributed by atoms with Gasteiger partial charge in [0.05, 0.1) is 16.2 Å². The molecule has 0 fully saturated rings. The van der Waals surface area contributed by atoms with Gasteiger partial charge < -0.3 is 0 Å². The second-order valence-electron chi connectivity index (χ2n) is 12.5. The van der Waals surface area contributed by atoms with Crippen LogP contribution in [-0.2, 0) is 6.18 Å². The maximum atomic E-state index is 13.4. The minimum absolute atomic E-state index is 0.479. The van der Waals surface area contributed by atoms with Crippen LogP contribution in [0.25, 0.3) is 77.0 Å². The lowest BCUT2D eigenvalue weighted by Crippen LogP contribution is -2.04. The molecule has 5 nitrogen and oxygen atoms in total. The Morgan fingerprint density at radius 3 is 1.65 bits per heavy atom. The number of rotatable bonds is 7. The Kier molecular flexibility index (Phi) is 8.69. The lowest BCUT2D eigenvalue weighted by atomic mass is 10.1. The molecule has 0 radical (unpaired) electrons. The van der Waals surface area contributed by atoms with Crippen LogP contribution in [0, 0.1) is 0 Å². The third-order valence-electron chi connectivity index (χ3n) is 8.90. The maximum absolute atomic E-state index is 13.4. The molecule has 3 aromatic heterocycles. The molecular weight excluding hydrogens is 720 g/mol. The molecule has 9 aromatic rings. The fourth-order valence-electron chi connectivity index (χ4n) is 6.22. The van der Waals surface area contributed by atoms with Crippen LogP contribution in [0.2, 0.25) is 0 Å². The summed E-state index contributed by atoms with van der Waals surface area (Å²) in [5.74, 6) is 2.27. The summed E-state index contributed by atoms with van der Waals surface area (Å²) in [7, 11) is 0. The highest BCUT2D eigenvalue weighted by Gasteiger charge is 2.30. The average Bonchev–Trinajstić information content (AvgIpc) is 3.59. The molecule has 6 aromatic carbocycles. The van der Waals surface area contributed by atoms with E-state index >= 15 is 0 Å². The summed E-state index contributed by atoms with van der Waals surface area (Å²) in [6.07, 6.45) is -2.69. The number of thiophene rings is 1. The van der Waals surface area contributed by atoms with Gasteiger partial charge in [-0.05, 0) is 48.5 Å². The molecule has 0 aliphatic rings. The molecule has 3 heterocycles. The number of hydrogen-bond acceptors (Lipinski definition) is 7. The topological polar surface area (TPSA) is 64.5 Å². The van der Waals surface area contributed by atoms with Crippen molar-refractivity contribution in [3.63, 3.8) is 0 Å². The number of alkyl halides is 3. The number of halogens is 3. The summed E-state index contributed by atoms with van der Waals surface area (Å²) < 4.78 is 42.4. The van der Waals surface area contributed by atoms with E-state index in [9.17, 15) is 13.2 Å². The first-order valence-electron chi connectivity index (χ1n) is 17.0. The second-order valence-corrected chi connectivity index (χ2v) is 14.7. The first-order chi connectivity index (χ1) is 26.4. The number of fused-ring (bicyclic) bond motifs is 3. The Balaban J connectivity index is 1.11. The monoisotopic (exact) mass is 745 g/mol. The van der Waals surface area contributed by atoms with Gasteiger partial charge >= 0.3 is 6.18 Å². The van der Waals surface area contributed by atoms with Crippen LogP contribution in [-0.4, -0.2) is 24.9 Å². The van der Waals surface area contributed by atoms with Crippen LogP contribution in [0.4, 0.5) is 13.2 Å². The fourth-order valence-corrected chi connectivity index (χ4v) is 8.26. The molecular formula is C44H26F3N5S2. The van der Waals surface area contributed by atoms with Gasteiger partial charge in [-0.3, -0.25) is 0 Å². The summed E-state index contributed by atoms with van der Waals surface area (Å²) in [6, 6.07) is 47.0. The highest BCUT2D eigenvalue weighted by Crippen LogP contribution is 2.40. The quantitative estimate of drug-likeness (QED) is 0.162. The first-order valence-corrected chi connectivity index (χ1v) is 18.6. The van der Waals surface area contributed by atoms with Crippen LogP contribution < -0.4 is 0 Å². The van der Waals surface area contributed by atoms with Crippen molar-refractivity contribution >= 4 is 43.3 Å². The Bertz CT molecular complexity index is 2720. The van der Waals surface area contributed by atoms with E-state index in [0.717, 1.165) is 64.3 Å². The van der Waals surface area contributed by atoms with Gasteiger partial charge in [-0.1, -0.05) is 115 Å². The Morgan fingerprint density at radius 1 is 0.463 bits per heavy atom. The number of hydrogen-bond donors (Lipinski definition) is 0. The van der Waals surface area contributed by atoms with E-state index in [1.165, 1.54) is 23.9 Å². The van der Waals surface area contributed by atoms with Crippen LogP contribution in [0.3, 0.4) is 0 Å². The predicted octanol–water partition coefficient (Wildman–Crippen LogP) is 12.5. The van der Waals surface area contributed by atoms with Crippen molar-refractivity contribution in [1.29, 1.82) is 0 Å². The fraction of sp³-hybridized carbons (Fsp3) is 0.0227. The highest BCUT2D eigenvalue weighted by atomic mass is 32.2.